The summed E-state index contributed by atoms with van der Waals surface area (Å²) in [7, 11) is 2.17. The molecule has 1 saturated heterocycles. The first-order valence-corrected chi connectivity index (χ1v) is 5.97. The maximum Gasteiger partial charge on any atom is 0.148 e. The van der Waals surface area contributed by atoms with Gasteiger partial charge in [0.1, 0.15) is 17.2 Å². The van der Waals surface area contributed by atoms with E-state index in [4.69, 9.17) is 11.6 Å². The molecule has 1 fully saturated rings. The molecule has 1 aromatic rings. The lowest BCUT2D eigenvalue weighted by atomic mass is 9.99. The molecule has 16 heavy (non-hydrogen) atoms. The number of hydrogen-bond donors (Lipinski definition) is 1. The van der Waals surface area contributed by atoms with Gasteiger partial charge >= 0.3 is 0 Å². The molecule has 1 aliphatic heterocycles. The molecule has 2 atom stereocenters. The summed E-state index contributed by atoms with van der Waals surface area (Å²) >= 11 is 6.01. The van der Waals surface area contributed by atoms with Gasteiger partial charge in [-0.05, 0) is 26.8 Å². The van der Waals surface area contributed by atoms with Gasteiger partial charge in [0.2, 0.25) is 0 Å². The van der Waals surface area contributed by atoms with Crippen molar-refractivity contribution in [2.45, 2.75) is 31.8 Å². The molecular weight excluding hydrogens is 224 g/mol. The van der Waals surface area contributed by atoms with Gasteiger partial charge in [-0.2, -0.15) is 0 Å². The maximum atomic E-state index is 6.01. The Morgan fingerprint density at radius 1 is 1.56 bits per heavy atom. The molecule has 2 unspecified atom stereocenters. The highest BCUT2D eigenvalue weighted by Crippen LogP contribution is 2.22. The number of hydrogen-bond acceptors (Lipinski definition) is 4. The monoisotopic (exact) mass is 240 g/mol. The van der Waals surface area contributed by atoms with Crippen LogP contribution in [0, 0.1) is 0 Å². The summed E-state index contributed by atoms with van der Waals surface area (Å²) in [5, 5.41) is 3.98. The lowest BCUT2D eigenvalue weighted by Gasteiger charge is -2.35. The molecule has 0 saturated carbocycles. The Kier molecular flexibility index (Phi) is 3.61. The van der Waals surface area contributed by atoms with Crippen LogP contribution in [-0.2, 0) is 0 Å². The molecule has 2 rings (SSSR count). The number of aromatic nitrogens is 2. The summed E-state index contributed by atoms with van der Waals surface area (Å²) in [6.07, 6.45) is 5.39. The third-order valence-electron chi connectivity index (χ3n) is 3.22. The van der Waals surface area contributed by atoms with Crippen LogP contribution in [0.3, 0.4) is 0 Å². The highest BCUT2D eigenvalue weighted by atomic mass is 35.5. The lowest BCUT2D eigenvalue weighted by molar-refractivity contribution is 0.190. The Hall–Kier alpha value is -0.870. The zero-order valence-corrected chi connectivity index (χ0v) is 10.4. The first kappa shape index (κ1) is 11.6. The van der Waals surface area contributed by atoms with Gasteiger partial charge in [-0.15, -0.1) is 0 Å². The minimum absolute atomic E-state index is 0.457. The summed E-state index contributed by atoms with van der Waals surface area (Å²) in [6.45, 7) is 3.36. The van der Waals surface area contributed by atoms with Gasteiger partial charge in [0.05, 0.1) is 6.20 Å². The number of nitrogens with zero attached hydrogens (tertiary/aromatic N) is 3. The van der Waals surface area contributed by atoms with Gasteiger partial charge < -0.3 is 10.2 Å². The van der Waals surface area contributed by atoms with Crippen LogP contribution < -0.4 is 5.32 Å². The minimum Gasteiger partial charge on any atom is -0.366 e. The van der Waals surface area contributed by atoms with Gasteiger partial charge in [0.25, 0.3) is 0 Å². The average molecular weight is 241 g/mol. The average Bonchev–Trinajstić information content (AvgIpc) is 2.27. The van der Waals surface area contributed by atoms with Crippen LogP contribution in [0.4, 0.5) is 5.82 Å². The summed E-state index contributed by atoms with van der Waals surface area (Å²) in [6, 6.07) is 1.06. The standard InChI is InChI=1S/C11H17ClN4/c1-8-5-9(3-4-16(8)2)15-11-10(12)6-13-7-14-11/h6-9H,3-5H2,1-2H3,(H,13,14,15). The third-order valence-corrected chi connectivity index (χ3v) is 3.49. The summed E-state index contributed by atoms with van der Waals surface area (Å²) in [5.41, 5.74) is 0. The first-order valence-electron chi connectivity index (χ1n) is 5.59. The summed E-state index contributed by atoms with van der Waals surface area (Å²) in [4.78, 5) is 10.4. The fourth-order valence-corrected chi connectivity index (χ4v) is 2.19. The normalized spacial score (nSPS) is 26.7. The van der Waals surface area contributed by atoms with E-state index in [0.717, 1.165) is 25.2 Å². The van der Waals surface area contributed by atoms with Crippen molar-refractivity contribution >= 4 is 17.4 Å². The summed E-state index contributed by atoms with van der Waals surface area (Å²) in [5.74, 6) is 0.749. The zero-order valence-electron chi connectivity index (χ0n) is 9.65. The fraction of sp³-hybridized carbons (Fsp3) is 0.636. The van der Waals surface area contributed by atoms with E-state index < -0.39 is 0 Å². The Morgan fingerprint density at radius 3 is 3.06 bits per heavy atom. The number of nitrogens with one attached hydrogen (secondary N) is 1. The van der Waals surface area contributed by atoms with Crippen LogP contribution >= 0.6 is 11.6 Å². The lowest BCUT2D eigenvalue weighted by Crippen LogP contribution is -2.42. The minimum atomic E-state index is 0.457. The molecule has 1 aromatic heterocycles. The zero-order chi connectivity index (χ0) is 11.5. The van der Waals surface area contributed by atoms with Gasteiger partial charge in [0.15, 0.2) is 0 Å². The Labute approximate surface area is 101 Å². The third kappa shape index (κ3) is 2.62. The van der Waals surface area contributed by atoms with Crippen LogP contribution in [0.2, 0.25) is 5.02 Å². The molecule has 0 aliphatic carbocycles. The molecule has 5 heteroatoms. The molecule has 0 spiro atoms. The number of rotatable bonds is 2. The predicted octanol–water partition coefficient (Wildman–Crippen LogP) is 2.02. The number of halogens is 1. The van der Waals surface area contributed by atoms with Crippen molar-refractivity contribution in [1.29, 1.82) is 0 Å². The molecule has 0 amide bonds. The van der Waals surface area contributed by atoms with E-state index in [9.17, 15) is 0 Å². The number of likely N-dealkylation sites (tertiary alicyclic amines) is 1. The van der Waals surface area contributed by atoms with Crippen molar-refractivity contribution in [3.63, 3.8) is 0 Å². The van der Waals surface area contributed by atoms with Crippen LogP contribution in [0.15, 0.2) is 12.5 Å². The van der Waals surface area contributed by atoms with E-state index >= 15 is 0 Å². The fourth-order valence-electron chi connectivity index (χ4n) is 2.03. The van der Waals surface area contributed by atoms with Crippen LogP contribution in [0.5, 0.6) is 0 Å². The molecule has 1 N–H and O–H groups in total. The van der Waals surface area contributed by atoms with Gasteiger partial charge in [-0.25, -0.2) is 9.97 Å². The second-order valence-electron chi connectivity index (χ2n) is 4.41. The molecular formula is C11H17ClN4. The molecule has 4 nitrogen and oxygen atoms in total. The van der Waals surface area contributed by atoms with Crippen LogP contribution in [0.25, 0.3) is 0 Å². The molecule has 88 valence electrons. The first-order chi connectivity index (χ1) is 7.66. The SMILES string of the molecule is CC1CC(Nc2ncncc2Cl)CCN1C. The van der Waals surface area contributed by atoms with E-state index in [0.29, 0.717) is 17.1 Å². The van der Waals surface area contributed by atoms with Crippen molar-refractivity contribution in [3.05, 3.63) is 17.5 Å². The van der Waals surface area contributed by atoms with Crippen molar-refractivity contribution in [2.24, 2.45) is 0 Å². The topological polar surface area (TPSA) is 41.1 Å². The maximum absolute atomic E-state index is 6.01. The molecule has 0 aromatic carbocycles. The van der Waals surface area contributed by atoms with E-state index in [1.165, 1.54) is 6.33 Å². The highest BCUT2D eigenvalue weighted by molar-refractivity contribution is 6.32. The molecule has 0 radical (unpaired) electrons. The molecule has 2 heterocycles. The second kappa shape index (κ2) is 4.97. The Morgan fingerprint density at radius 2 is 2.38 bits per heavy atom. The summed E-state index contributed by atoms with van der Waals surface area (Å²) < 4.78 is 0. The van der Waals surface area contributed by atoms with Gasteiger partial charge in [0, 0.05) is 18.6 Å². The molecule has 0 bridgehead atoms. The van der Waals surface area contributed by atoms with Crippen LogP contribution in [0.1, 0.15) is 19.8 Å². The van der Waals surface area contributed by atoms with Gasteiger partial charge in [-0.1, -0.05) is 11.6 Å². The van der Waals surface area contributed by atoms with Crippen molar-refractivity contribution in [3.8, 4) is 0 Å². The smallest absolute Gasteiger partial charge is 0.148 e. The number of piperidine rings is 1. The number of anilines is 1. The van der Waals surface area contributed by atoms with E-state index in [2.05, 4.69) is 34.2 Å². The van der Waals surface area contributed by atoms with E-state index in [-0.39, 0.29) is 0 Å². The van der Waals surface area contributed by atoms with Crippen molar-refractivity contribution in [1.82, 2.24) is 14.9 Å². The highest BCUT2D eigenvalue weighted by Gasteiger charge is 2.23. The Bertz CT molecular complexity index is 358. The van der Waals surface area contributed by atoms with Gasteiger partial charge in [-0.3, -0.25) is 0 Å². The Balaban J connectivity index is 1.98. The van der Waals surface area contributed by atoms with E-state index in [1.807, 2.05) is 0 Å². The quantitative estimate of drug-likeness (QED) is 0.859. The van der Waals surface area contributed by atoms with E-state index in [1.54, 1.807) is 6.20 Å². The second-order valence-corrected chi connectivity index (χ2v) is 4.82. The van der Waals surface area contributed by atoms with Crippen molar-refractivity contribution < 1.29 is 0 Å². The largest absolute Gasteiger partial charge is 0.366 e. The predicted molar refractivity (Wildman–Crippen MR) is 65.8 cm³/mol. The molecule has 1 aliphatic rings. The van der Waals surface area contributed by atoms with Crippen LogP contribution in [-0.4, -0.2) is 40.5 Å². The van der Waals surface area contributed by atoms with Crippen molar-refractivity contribution in [2.75, 3.05) is 18.9 Å².